The van der Waals surface area contributed by atoms with Crippen LogP contribution in [0.1, 0.15) is 11.5 Å². The summed E-state index contributed by atoms with van der Waals surface area (Å²) in [6.45, 7) is 0.282. The van der Waals surface area contributed by atoms with Crippen molar-refractivity contribution in [2.24, 2.45) is 4.99 Å². The van der Waals surface area contributed by atoms with Gasteiger partial charge in [0.25, 0.3) is 0 Å². The van der Waals surface area contributed by atoms with Crippen molar-refractivity contribution in [2.75, 3.05) is 6.26 Å². The standard InChI is InChI=1S/C13H11BrF2N2OS/c1-20-13(18-7-12-17-2-3-19-12)5-8-4-11(16)9(14)6-10(8)15/h2-4,6H,5,7H2,1H3. The maximum atomic E-state index is 13.7. The molecule has 0 saturated carbocycles. The molecule has 2 aromatic rings. The Labute approximate surface area is 127 Å². The summed E-state index contributed by atoms with van der Waals surface area (Å²) >= 11 is 4.33. The third-order valence-corrected chi connectivity index (χ3v) is 3.89. The molecule has 0 N–H and O–H groups in total. The van der Waals surface area contributed by atoms with Crippen LogP contribution in [-0.2, 0) is 13.0 Å². The fraction of sp³-hybridized carbons (Fsp3) is 0.231. The summed E-state index contributed by atoms with van der Waals surface area (Å²) in [6.07, 6.45) is 5.07. The topological polar surface area (TPSA) is 38.4 Å². The number of nitrogens with zero attached hydrogens (tertiary/aromatic N) is 2. The van der Waals surface area contributed by atoms with E-state index in [1.165, 1.54) is 30.3 Å². The van der Waals surface area contributed by atoms with E-state index in [0.29, 0.717) is 10.9 Å². The Morgan fingerprint density at radius 1 is 1.40 bits per heavy atom. The Kier molecular flexibility index (Phi) is 5.31. The summed E-state index contributed by atoms with van der Waals surface area (Å²) in [4.78, 5) is 8.25. The van der Waals surface area contributed by atoms with Crippen molar-refractivity contribution in [1.29, 1.82) is 0 Å². The molecule has 0 radical (unpaired) electrons. The minimum absolute atomic E-state index is 0.112. The van der Waals surface area contributed by atoms with Gasteiger partial charge in [0, 0.05) is 6.42 Å². The summed E-state index contributed by atoms with van der Waals surface area (Å²) < 4.78 is 32.4. The Bertz CT molecular complexity index is 617. The molecule has 1 aromatic heterocycles. The number of halogens is 3. The van der Waals surface area contributed by atoms with Gasteiger partial charge in [0.2, 0.25) is 5.89 Å². The van der Waals surface area contributed by atoms with Crippen LogP contribution >= 0.6 is 27.7 Å². The average molecular weight is 361 g/mol. The van der Waals surface area contributed by atoms with Crippen LogP contribution in [-0.4, -0.2) is 16.3 Å². The van der Waals surface area contributed by atoms with Gasteiger partial charge in [-0.1, -0.05) is 0 Å². The van der Waals surface area contributed by atoms with Crippen LogP contribution in [0.5, 0.6) is 0 Å². The third kappa shape index (κ3) is 3.89. The molecular weight excluding hydrogens is 350 g/mol. The fourth-order valence-electron chi connectivity index (χ4n) is 1.54. The fourth-order valence-corrected chi connectivity index (χ4v) is 2.35. The van der Waals surface area contributed by atoms with Gasteiger partial charge in [-0.15, -0.1) is 11.8 Å². The monoisotopic (exact) mass is 360 g/mol. The third-order valence-electron chi connectivity index (χ3n) is 2.54. The number of thioether (sulfide) groups is 1. The van der Waals surface area contributed by atoms with Crippen molar-refractivity contribution >= 4 is 32.7 Å². The second-order valence-electron chi connectivity index (χ2n) is 3.87. The molecule has 20 heavy (non-hydrogen) atoms. The first-order valence-corrected chi connectivity index (χ1v) is 7.71. The SMILES string of the molecule is CSC(Cc1cc(F)c(Br)cc1F)=NCc1ncco1. The van der Waals surface area contributed by atoms with Crippen molar-refractivity contribution in [3.63, 3.8) is 0 Å². The number of rotatable bonds is 4. The molecule has 0 saturated heterocycles. The first-order valence-electron chi connectivity index (χ1n) is 5.69. The lowest BCUT2D eigenvalue weighted by atomic mass is 10.1. The number of oxazole rings is 1. The second kappa shape index (κ2) is 6.99. The summed E-state index contributed by atoms with van der Waals surface area (Å²) in [5, 5.41) is 0.684. The molecule has 0 atom stereocenters. The Morgan fingerprint density at radius 3 is 2.85 bits per heavy atom. The Hall–Kier alpha value is -1.21. The Balaban J connectivity index is 2.13. The zero-order valence-electron chi connectivity index (χ0n) is 10.6. The summed E-state index contributed by atoms with van der Waals surface area (Å²) in [7, 11) is 0. The van der Waals surface area contributed by atoms with Gasteiger partial charge in [0.15, 0.2) is 0 Å². The molecule has 1 aromatic carbocycles. The summed E-state index contributed by atoms with van der Waals surface area (Å²) in [6, 6.07) is 2.30. The number of benzene rings is 1. The highest BCUT2D eigenvalue weighted by Crippen LogP contribution is 2.21. The lowest BCUT2D eigenvalue weighted by Crippen LogP contribution is -2.02. The zero-order valence-corrected chi connectivity index (χ0v) is 13.0. The van der Waals surface area contributed by atoms with Crippen LogP contribution in [0.25, 0.3) is 0 Å². The second-order valence-corrected chi connectivity index (χ2v) is 5.61. The molecule has 0 fully saturated rings. The van der Waals surface area contributed by atoms with Crippen molar-refractivity contribution < 1.29 is 13.2 Å². The van der Waals surface area contributed by atoms with Crippen molar-refractivity contribution in [3.05, 3.63) is 52.2 Å². The normalized spacial score (nSPS) is 11.9. The number of hydrogen-bond donors (Lipinski definition) is 0. The molecule has 0 aliphatic rings. The van der Waals surface area contributed by atoms with Gasteiger partial charge in [0.1, 0.15) is 24.4 Å². The minimum Gasteiger partial charge on any atom is -0.447 e. The van der Waals surface area contributed by atoms with Gasteiger partial charge in [-0.2, -0.15) is 0 Å². The molecule has 0 bridgehead atoms. The highest BCUT2D eigenvalue weighted by Gasteiger charge is 2.11. The average Bonchev–Trinajstić information content (AvgIpc) is 2.93. The van der Waals surface area contributed by atoms with Crippen LogP contribution in [0.15, 0.2) is 38.5 Å². The van der Waals surface area contributed by atoms with Crippen molar-refractivity contribution in [2.45, 2.75) is 13.0 Å². The smallest absolute Gasteiger partial charge is 0.215 e. The van der Waals surface area contributed by atoms with Gasteiger partial charge in [-0.05, 0) is 39.9 Å². The number of aliphatic imine (C=N–C) groups is 1. The molecular formula is C13H11BrF2N2OS. The first kappa shape index (κ1) is 15.2. The molecule has 2 rings (SSSR count). The molecule has 0 amide bonds. The quantitative estimate of drug-likeness (QED) is 0.465. The van der Waals surface area contributed by atoms with E-state index in [-0.39, 0.29) is 23.0 Å². The largest absolute Gasteiger partial charge is 0.447 e. The molecule has 7 heteroatoms. The van der Waals surface area contributed by atoms with Crippen LogP contribution < -0.4 is 0 Å². The van der Waals surface area contributed by atoms with E-state index < -0.39 is 11.6 Å². The van der Waals surface area contributed by atoms with E-state index in [1.54, 1.807) is 0 Å². The van der Waals surface area contributed by atoms with Crippen molar-refractivity contribution in [1.82, 2.24) is 4.98 Å². The van der Waals surface area contributed by atoms with Crippen molar-refractivity contribution in [3.8, 4) is 0 Å². The van der Waals surface area contributed by atoms with E-state index >= 15 is 0 Å². The molecule has 106 valence electrons. The van der Waals surface area contributed by atoms with Gasteiger partial charge in [-0.3, -0.25) is 4.99 Å². The number of aromatic nitrogens is 1. The molecule has 0 aliphatic carbocycles. The predicted molar refractivity (Wildman–Crippen MR) is 78.9 cm³/mol. The van der Waals surface area contributed by atoms with Crippen LogP contribution in [0.3, 0.4) is 0 Å². The lowest BCUT2D eigenvalue weighted by molar-refractivity contribution is 0.498. The maximum Gasteiger partial charge on any atom is 0.215 e. The molecule has 0 aliphatic heterocycles. The van der Waals surface area contributed by atoms with Crippen LogP contribution in [0.2, 0.25) is 0 Å². The summed E-state index contributed by atoms with van der Waals surface area (Å²) in [5.41, 5.74) is 0.270. The van der Waals surface area contributed by atoms with E-state index in [1.807, 2.05) is 6.26 Å². The minimum atomic E-state index is -0.491. The van der Waals surface area contributed by atoms with Gasteiger partial charge in [0.05, 0.1) is 15.7 Å². The van der Waals surface area contributed by atoms with E-state index in [4.69, 9.17) is 4.42 Å². The predicted octanol–water partition coefficient (Wildman–Crippen LogP) is 4.22. The van der Waals surface area contributed by atoms with E-state index in [9.17, 15) is 8.78 Å². The summed E-state index contributed by atoms with van der Waals surface area (Å²) in [5.74, 6) is -0.468. The highest BCUT2D eigenvalue weighted by atomic mass is 79.9. The van der Waals surface area contributed by atoms with Crippen LogP contribution in [0, 0.1) is 11.6 Å². The van der Waals surface area contributed by atoms with Gasteiger partial charge < -0.3 is 4.42 Å². The first-order chi connectivity index (χ1) is 9.60. The zero-order chi connectivity index (χ0) is 14.5. The highest BCUT2D eigenvalue weighted by molar-refractivity contribution is 9.10. The lowest BCUT2D eigenvalue weighted by Gasteiger charge is -2.06. The van der Waals surface area contributed by atoms with E-state index in [0.717, 1.165) is 6.07 Å². The molecule has 1 heterocycles. The van der Waals surface area contributed by atoms with Gasteiger partial charge in [-0.25, -0.2) is 13.8 Å². The maximum absolute atomic E-state index is 13.7. The molecule has 3 nitrogen and oxygen atoms in total. The number of hydrogen-bond acceptors (Lipinski definition) is 4. The Morgan fingerprint density at radius 2 is 2.20 bits per heavy atom. The molecule has 0 spiro atoms. The van der Waals surface area contributed by atoms with Gasteiger partial charge >= 0.3 is 0 Å². The molecule has 0 unspecified atom stereocenters. The van der Waals surface area contributed by atoms with Crippen LogP contribution in [0.4, 0.5) is 8.78 Å². The van der Waals surface area contributed by atoms with E-state index in [2.05, 4.69) is 25.9 Å².